The van der Waals surface area contributed by atoms with E-state index in [1.807, 2.05) is 24.6 Å². The quantitative estimate of drug-likeness (QED) is 0.358. The van der Waals surface area contributed by atoms with Crippen molar-refractivity contribution in [2.24, 2.45) is 7.05 Å². The van der Waals surface area contributed by atoms with Crippen LogP contribution >= 0.6 is 0 Å². The molecule has 4 heterocycles. The summed E-state index contributed by atoms with van der Waals surface area (Å²) < 4.78 is 33.1. The second-order valence-electron chi connectivity index (χ2n) is 11.1. The van der Waals surface area contributed by atoms with Crippen molar-refractivity contribution in [3.05, 3.63) is 87.1 Å². The number of pyridine rings is 2. The van der Waals surface area contributed by atoms with Gasteiger partial charge in [-0.15, -0.1) is 0 Å². The lowest BCUT2D eigenvalue weighted by Gasteiger charge is -2.37. The molecule has 1 amide bonds. The minimum Gasteiger partial charge on any atom is -0.386 e. The first-order valence-corrected chi connectivity index (χ1v) is 13.8. The van der Waals surface area contributed by atoms with Crippen molar-refractivity contribution in [3.8, 4) is 5.69 Å². The summed E-state index contributed by atoms with van der Waals surface area (Å²) in [5.74, 6) is -0.969. The Kier molecular flexibility index (Phi) is 7.70. The van der Waals surface area contributed by atoms with Gasteiger partial charge in [-0.05, 0) is 81.1 Å². The van der Waals surface area contributed by atoms with Gasteiger partial charge in [-0.1, -0.05) is 0 Å². The van der Waals surface area contributed by atoms with Crippen LogP contribution in [0, 0.1) is 18.6 Å². The summed E-state index contributed by atoms with van der Waals surface area (Å²) >= 11 is 0. The van der Waals surface area contributed by atoms with Gasteiger partial charge in [0.05, 0.1) is 17.6 Å². The molecule has 5 rings (SSSR count). The molecule has 0 spiro atoms. The van der Waals surface area contributed by atoms with E-state index >= 15 is 4.39 Å². The summed E-state index contributed by atoms with van der Waals surface area (Å²) in [4.78, 5) is 33.6. The second kappa shape index (κ2) is 11.1. The van der Waals surface area contributed by atoms with Gasteiger partial charge in [-0.25, -0.2) is 13.8 Å². The largest absolute Gasteiger partial charge is 0.386 e. The zero-order chi connectivity index (χ0) is 29.6. The van der Waals surface area contributed by atoms with E-state index in [2.05, 4.69) is 22.1 Å². The molecule has 1 N–H and O–H groups in total. The van der Waals surface area contributed by atoms with Crippen molar-refractivity contribution in [3.63, 3.8) is 0 Å². The number of aryl methyl sites for hydroxylation is 2. The van der Waals surface area contributed by atoms with Crippen molar-refractivity contribution in [1.29, 1.82) is 0 Å². The molecule has 1 atom stereocenters. The van der Waals surface area contributed by atoms with Crippen LogP contribution in [0.15, 0.2) is 47.5 Å². The average Bonchev–Trinajstić information content (AvgIpc) is 3.29. The Morgan fingerprint density at radius 2 is 1.83 bits per heavy atom. The zero-order valence-corrected chi connectivity index (χ0v) is 24.3. The molecule has 3 aromatic heterocycles. The lowest BCUT2D eigenvalue weighted by molar-refractivity contribution is 0.0827. The van der Waals surface area contributed by atoms with Crippen LogP contribution in [-0.4, -0.2) is 64.1 Å². The fraction of sp³-hybridized carbons (Fsp3) is 0.387. The van der Waals surface area contributed by atoms with Gasteiger partial charge in [0.2, 0.25) is 0 Å². The van der Waals surface area contributed by atoms with Crippen molar-refractivity contribution in [2.45, 2.75) is 38.6 Å². The smallest absolute Gasteiger partial charge is 0.257 e. The molecule has 0 radical (unpaired) electrons. The van der Waals surface area contributed by atoms with Gasteiger partial charge in [0.1, 0.15) is 11.5 Å². The number of likely N-dealkylation sites (tertiary alicyclic amines) is 1. The third-order valence-electron chi connectivity index (χ3n) is 8.38. The summed E-state index contributed by atoms with van der Waals surface area (Å²) in [6.45, 7) is 5.57. The highest BCUT2D eigenvalue weighted by Crippen LogP contribution is 2.37. The maximum Gasteiger partial charge on any atom is 0.257 e. The zero-order valence-electron chi connectivity index (χ0n) is 24.3. The molecule has 41 heavy (non-hydrogen) atoms. The van der Waals surface area contributed by atoms with Gasteiger partial charge in [-0.3, -0.25) is 19.1 Å². The van der Waals surface area contributed by atoms with Crippen molar-refractivity contribution < 1.29 is 13.6 Å². The number of fused-ring (bicyclic) bond motifs is 1. The molecule has 10 heteroatoms. The molecular weight excluding hydrogens is 526 g/mol. The first kappa shape index (κ1) is 28.5. The maximum atomic E-state index is 15.2. The summed E-state index contributed by atoms with van der Waals surface area (Å²) in [6.07, 6.45) is 4.42. The highest BCUT2D eigenvalue weighted by Gasteiger charge is 2.29. The van der Waals surface area contributed by atoms with Gasteiger partial charge in [0, 0.05) is 63.1 Å². The molecule has 1 fully saturated rings. The Bertz CT molecular complexity index is 1660. The third kappa shape index (κ3) is 5.12. The number of carbonyl (C=O) groups excluding carboxylic acids is 1. The molecule has 1 saturated heterocycles. The van der Waals surface area contributed by atoms with Gasteiger partial charge in [0.25, 0.3) is 11.5 Å². The Hall–Kier alpha value is -4.05. The summed E-state index contributed by atoms with van der Waals surface area (Å²) in [7, 11) is 6.84. The Morgan fingerprint density at radius 3 is 2.46 bits per heavy atom. The lowest BCUT2D eigenvalue weighted by atomic mass is 9.85. The number of benzene rings is 1. The predicted octanol–water partition coefficient (Wildman–Crippen LogP) is 4.99. The first-order chi connectivity index (χ1) is 19.5. The van der Waals surface area contributed by atoms with Crippen molar-refractivity contribution in [1.82, 2.24) is 23.9 Å². The van der Waals surface area contributed by atoms with Crippen LogP contribution in [0.4, 0.5) is 14.5 Å². The fourth-order valence-electron chi connectivity index (χ4n) is 6.14. The van der Waals surface area contributed by atoms with Crippen LogP contribution in [0.25, 0.3) is 16.7 Å². The van der Waals surface area contributed by atoms with E-state index in [4.69, 9.17) is 0 Å². The molecule has 1 aliphatic heterocycles. The normalized spacial score (nSPS) is 15.3. The molecule has 0 saturated carbocycles. The van der Waals surface area contributed by atoms with Gasteiger partial charge >= 0.3 is 0 Å². The number of hydrogen-bond donors (Lipinski definition) is 1. The van der Waals surface area contributed by atoms with E-state index in [1.165, 1.54) is 27.8 Å². The van der Waals surface area contributed by atoms with Crippen molar-refractivity contribution >= 4 is 22.6 Å². The molecular formula is C31H36F2N6O2. The number of anilines is 1. The van der Waals surface area contributed by atoms with E-state index in [1.54, 1.807) is 39.5 Å². The molecule has 1 aromatic carbocycles. The molecule has 0 unspecified atom stereocenters. The van der Waals surface area contributed by atoms with E-state index in [-0.39, 0.29) is 34.9 Å². The van der Waals surface area contributed by atoms with E-state index in [0.717, 1.165) is 42.6 Å². The average molecular weight is 563 g/mol. The standard InChI is InChI=1S/C31H36F2N6O2/c1-18-13-21(31(41)36(4)5)14-23(32)29(18)20-8-11-38(12-9-20)19(2)27-15-22-26(7-10-35-30(22)37(27)6)39-17-24(33)25(34-3)16-28(39)40/h7,10,13-17,19-20,34H,8-9,11-12H2,1-6H3/t19-/m1/s1. The van der Waals surface area contributed by atoms with Gasteiger partial charge in [0.15, 0.2) is 5.82 Å². The Balaban J connectivity index is 1.39. The fourth-order valence-corrected chi connectivity index (χ4v) is 6.14. The summed E-state index contributed by atoms with van der Waals surface area (Å²) in [5.41, 5.74) is 3.97. The molecule has 0 bridgehead atoms. The monoisotopic (exact) mass is 562 g/mol. The molecule has 0 aliphatic carbocycles. The number of rotatable bonds is 6. The number of carbonyl (C=O) groups is 1. The number of hydrogen-bond acceptors (Lipinski definition) is 5. The Labute approximate surface area is 238 Å². The van der Waals surface area contributed by atoms with Crippen LogP contribution in [0.1, 0.15) is 58.9 Å². The van der Waals surface area contributed by atoms with Gasteiger partial charge < -0.3 is 14.8 Å². The van der Waals surface area contributed by atoms with Gasteiger partial charge in [-0.2, -0.15) is 0 Å². The highest BCUT2D eigenvalue weighted by molar-refractivity contribution is 5.94. The van der Waals surface area contributed by atoms with Crippen LogP contribution in [-0.2, 0) is 7.05 Å². The minimum atomic E-state index is -0.518. The minimum absolute atomic E-state index is 0.0363. The predicted molar refractivity (Wildman–Crippen MR) is 157 cm³/mol. The number of piperidine rings is 1. The Morgan fingerprint density at radius 1 is 1.12 bits per heavy atom. The lowest BCUT2D eigenvalue weighted by Crippen LogP contribution is -2.36. The number of aromatic nitrogens is 3. The molecule has 216 valence electrons. The summed E-state index contributed by atoms with van der Waals surface area (Å²) in [5, 5.41) is 3.46. The summed E-state index contributed by atoms with van der Waals surface area (Å²) in [6, 6.07) is 8.18. The topological polar surface area (TPSA) is 75.4 Å². The van der Waals surface area contributed by atoms with E-state index in [0.29, 0.717) is 22.5 Å². The SMILES string of the molecule is CNc1cc(=O)n(-c2ccnc3c2cc([C@@H](C)N2CCC(c4c(C)cc(C(=O)N(C)C)cc4F)CC2)n3C)cc1F. The highest BCUT2D eigenvalue weighted by atomic mass is 19.1. The van der Waals surface area contributed by atoms with E-state index < -0.39 is 5.82 Å². The molecule has 4 aromatic rings. The second-order valence-corrected chi connectivity index (χ2v) is 11.1. The van der Waals surface area contributed by atoms with Crippen LogP contribution in [0.2, 0.25) is 0 Å². The number of nitrogens with zero attached hydrogens (tertiary/aromatic N) is 5. The van der Waals surface area contributed by atoms with Crippen molar-refractivity contribution in [2.75, 3.05) is 39.5 Å². The third-order valence-corrected chi connectivity index (χ3v) is 8.38. The maximum absolute atomic E-state index is 15.2. The number of amides is 1. The first-order valence-electron chi connectivity index (χ1n) is 13.8. The number of nitrogens with one attached hydrogen (secondary N) is 1. The van der Waals surface area contributed by atoms with Crippen LogP contribution in [0.5, 0.6) is 0 Å². The number of halogens is 2. The van der Waals surface area contributed by atoms with Crippen LogP contribution in [0.3, 0.4) is 0 Å². The van der Waals surface area contributed by atoms with Crippen LogP contribution < -0.4 is 10.9 Å². The van der Waals surface area contributed by atoms with E-state index in [9.17, 15) is 14.0 Å². The molecule has 8 nitrogen and oxygen atoms in total. The molecule has 1 aliphatic rings.